The summed E-state index contributed by atoms with van der Waals surface area (Å²) in [5, 5.41) is 7.13. The van der Waals surface area contributed by atoms with Gasteiger partial charge < -0.3 is 5.32 Å². The smallest absolute Gasteiger partial charge is 0.320 e. The maximum absolute atomic E-state index is 12.5. The highest BCUT2D eigenvalue weighted by Crippen LogP contribution is 2.32. The van der Waals surface area contributed by atoms with Crippen LogP contribution >= 0.6 is 11.3 Å². The summed E-state index contributed by atoms with van der Waals surface area (Å²) in [6, 6.07) is 14.5. The molecule has 2 N–H and O–H groups in total. The zero-order valence-electron chi connectivity index (χ0n) is 18.0. The standard InChI is InChI=1S/C25H33N3OS/c1-28(22-12-8-3-2-4-9-13-22)18-16-21(17-19-28)26-25(29)27-24-15-14-23(30-24)20-10-6-5-7-11-20/h5-7,10-12,14-15,21H,2-4,8-9,13,16-19H2,1H3,(H-,26,27,29)/p+1. The number of urea groups is 1. The fraction of sp³-hybridized carbons (Fsp3) is 0.480. The van der Waals surface area contributed by atoms with E-state index in [0.717, 1.165) is 35.4 Å². The van der Waals surface area contributed by atoms with Crippen LogP contribution in [0, 0.1) is 0 Å². The monoisotopic (exact) mass is 424 g/mol. The Morgan fingerprint density at radius 2 is 1.77 bits per heavy atom. The minimum Gasteiger partial charge on any atom is -0.335 e. The van der Waals surface area contributed by atoms with Crippen LogP contribution < -0.4 is 10.6 Å². The SMILES string of the molecule is C[N+]1(C2=CCCCCCC2)CCC(NC(=O)Nc2ccc(-c3ccccc3)s2)CC1. The predicted molar refractivity (Wildman–Crippen MR) is 127 cm³/mol. The van der Waals surface area contributed by atoms with Gasteiger partial charge in [0.1, 0.15) is 5.70 Å². The van der Waals surface area contributed by atoms with Crippen molar-refractivity contribution in [1.29, 1.82) is 0 Å². The molecule has 2 heterocycles. The third kappa shape index (κ3) is 5.32. The maximum atomic E-state index is 12.5. The molecule has 1 fully saturated rings. The van der Waals surface area contributed by atoms with E-state index in [-0.39, 0.29) is 12.1 Å². The average molecular weight is 425 g/mol. The summed E-state index contributed by atoms with van der Waals surface area (Å²) in [5.74, 6) is 0. The van der Waals surface area contributed by atoms with Crippen LogP contribution in [-0.2, 0) is 0 Å². The molecule has 160 valence electrons. The number of thiophene rings is 1. The maximum Gasteiger partial charge on any atom is 0.320 e. The molecule has 0 saturated carbocycles. The summed E-state index contributed by atoms with van der Waals surface area (Å²) in [5.41, 5.74) is 2.81. The number of hydrogen-bond acceptors (Lipinski definition) is 2. The van der Waals surface area contributed by atoms with Gasteiger partial charge in [-0.15, -0.1) is 11.3 Å². The van der Waals surface area contributed by atoms with Crippen molar-refractivity contribution in [3.63, 3.8) is 0 Å². The molecular formula is C25H34N3OS+. The summed E-state index contributed by atoms with van der Waals surface area (Å²) in [4.78, 5) is 13.7. The summed E-state index contributed by atoms with van der Waals surface area (Å²) in [6.07, 6.45) is 12.5. The number of carbonyl (C=O) groups excluding carboxylic acids is 1. The van der Waals surface area contributed by atoms with Gasteiger partial charge in [-0.25, -0.2) is 4.79 Å². The van der Waals surface area contributed by atoms with Crippen LogP contribution in [0.5, 0.6) is 0 Å². The van der Waals surface area contributed by atoms with Gasteiger partial charge in [0.05, 0.1) is 25.1 Å². The van der Waals surface area contributed by atoms with Gasteiger partial charge >= 0.3 is 6.03 Å². The van der Waals surface area contributed by atoms with Crippen LogP contribution in [0.15, 0.2) is 54.2 Å². The van der Waals surface area contributed by atoms with Crippen LogP contribution in [0.4, 0.5) is 9.80 Å². The van der Waals surface area contributed by atoms with Crippen LogP contribution in [0.2, 0.25) is 0 Å². The van der Waals surface area contributed by atoms with Crippen LogP contribution in [0.1, 0.15) is 51.4 Å². The number of carbonyl (C=O) groups is 1. The highest BCUT2D eigenvalue weighted by molar-refractivity contribution is 7.19. The van der Waals surface area contributed by atoms with Gasteiger partial charge in [-0.3, -0.25) is 9.80 Å². The lowest BCUT2D eigenvalue weighted by Gasteiger charge is -2.42. The van der Waals surface area contributed by atoms with Crippen molar-refractivity contribution in [2.24, 2.45) is 0 Å². The number of hydrogen-bond donors (Lipinski definition) is 2. The molecule has 1 aromatic heterocycles. The van der Waals surface area contributed by atoms with E-state index >= 15 is 0 Å². The number of benzene rings is 1. The second-order valence-corrected chi connectivity index (χ2v) is 9.98. The topological polar surface area (TPSA) is 41.1 Å². The number of likely N-dealkylation sites (tertiary alicyclic amines) is 1. The largest absolute Gasteiger partial charge is 0.335 e. The number of allylic oxidation sites excluding steroid dienone is 2. The molecule has 1 aromatic carbocycles. The molecule has 0 radical (unpaired) electrons. The Morgan fingerprint density at radius 1 is 1.00 bits per heavy atom. The Morgan fingerprint density at radius 3 is 2.57 bits per heavy atom. The summed E-state index contributed by atoms with van der Waals surface area (Å²) < 4.78 is 1.07. The molecule has 5 heteroatoms. The molecule has 30 heavy (non-hydrogen) atoms. The van der Waals surface area contributed by atoms with Crippen LogP contribution in [-0.4, -0.2) is 36.7 Å². The first kappa shape index (κ1) is 21.1. The Bertz CT molecular complexity index is 866. The van der Waals surface area contributed by atoms with E-state index in [1.807, 2.05) is 24.3 Å². The fourth-order valence-corrected chi connectivity index (χ4v) is 5.64. The molecule has 1 aliphatic heterocycles. The number of quaternary nitrogens is 1. The number of rotatable bonds is 4. The minimum absolute atomic E-state index is 0.0808. The van der Waals surface area contributed by atoms with Crippen molar-refractivity contribution in [3.8, 4) is 10.4 Å². The molecule has 1 aliphatic carbocycles. The zero-order chi connectivity index (χ0) is 20.8. The van der Waals surface area contributed by atoms with Gasteiger partial charge in [0, 0.05) is 30.2 Å². The molecule has 2 aromatic rings. The lowest BCUT2D eigenvalue weighted by Crippen LogP contribution is -2.54. The molecule has 0 atom stereocenters. The molecule has 4 nitrogen and oxygen atoms in total. The highest BCUT2D eigenvalue weighted by atomic mass is 32.1. The zero-order valence-corrected chi connectivity index (χ0v) is 18.8. The molecule has 0 spiro atoms. The number of amides is 2. The normalized spacial score (nSPS) is 25.0. The van der Waals surface area contributed by atoms with E-state index in [1.165, 1.54) is 49.0 Å². The van der Waals surface area contributed by atoms with Gasteiger partial charge in [-0.05, 0) is 43.0 Å². The first-order chi connectivity index (χ1) is 14.6. The third-order valence-electron chi connectivity index (χ3n) is 6.64. The van der Waals surface area contributed by atoms with Crippen molar-refractivity contribution in [2.45, 2.75) is 57.4 Å². The number of nitrogens with zero attached hydrogens (tertiary/aromatic N) is 1. The van der Waals surface area contributed by atoms with Gasteiger partial charge in [0.25, 0.3) is 0 Å². The van der Waals surface area contributed by atoms with E-state index in [9.17, 15) is 4.79 Å². The highest BCUT2D eigenvalue weighted by Gasteiger charge is 2.34. The second-order valence-electron chi connectivity index (χ2n) is 8.89. The van der Waals surface area contributed by atoms with Crippen LogP contribution in [0.25, 0.3) is 10.4 Å². The Hall–Kier alpha value is -2.11. The van der Waals surface area contributed by atoms with Gasteiger partial charge in [-0.1, -0.05) is 43.2 Å². The summed E-state index contributed by atoms with van der Waals surface area (Å²) >= 11 is 1.62. The molecule has 0 unspecified atom stereocenters. The lowest BCUT2D eigenvalue weighted by atomic mass is 9.97. The quantitative estimate of drug-likeness (QED) is 0.549. The lowest BCUT2D eigenvalue weighted by molar-refractivity contribution is -0.879. The van der Waals surface area contributed by atoms with E-state index in [4.69, 9.17) is 0 Å². The van der Waals surface area contributed by atoms with Crippen molar-refractivity contribution >= 4 is 22.4 Å². The van der Waals surface area contributed by atoms with Gasteiger partial charge in [-0.2, -0.15) is 0 Å². The first-order valence-corrected chi connectivity index (χ1v) is 12.2. The molecule has 0 bridgehead atoms. The van der Waals surface area contributed by atoms with Gasteiger partial charge in [0.2, 0.25) is 0 Å². The predicted octanol–water partition coefficient (Wildman–Crippen LogP) is 6.38. The molecule has 2 amide bonds. The Labute approximate surface area is 184 Å². The summed E-state index contributed by atoms with van der Waals surface area (Å²) in [6.45, 7) is 2.24. The Kier molecular flexibility index (Phi) is 6.90. The average Bonchev–Trinajstić information content (AvgIpc) is 3.18. The minimum atomic E-state index is -0.0808. The molecule has 4 rings (SSSR count). The first-order valence-electron chi connectivity index (χ1n) is 11.4. The van der Waals surface area contributed by atoms with E-state index in [1.54, 1.807) is 17.0 Å². The number of anilines is 1. The molecule has 1 saturated heterocycles. The van der Waals surface area contributed by atoms with E-state index < -0.39 is 0 Å². The van der Waals surface area contributed by atoms with E-state index in [2.05, 4.69) is 42.0 Å². The third-order valence-corrected chi connectivity index (χ3v) is 7.69. The summed E-state index contributed by atoms with van der Waals surface area (Å²) in [7, 11) is 2.39. The molecule has 2 aliphatic rings. The molecular weight excluding hydrogens is 390 g/mol. The second kappa shape index (κ2) is 9.80. The van der Waals surface area contributed by atoms with Crippen molar-refractivity contribution in [3.05, 3.63) is 54.2 Å². The van der Waals surface area contributed by atoms with Crippen molar-refractivity contribution < 1.29 is 9.28 Å². The van der Waals surface area contributed by atoms with E-state index in [0.29, 0.717) is 0 Å². The van der Waals surface area contributed by atoms with Crippen molar-refractivity contribution in [1.82, 2.24) is 5.32 Å². The number of piperidine rings is 1. The van der Waals surface area contributed by atoms with Crippen LogP contribution in [0.3, 0.4) is 0 Å². The number of nitrogens with one attached hydrogen (secondary N) is 2. The van der Waals surface area contributed by atoms with Crippen molar-refractivity contribution in [2.75, 3.05) is 25.5 Å². The Balaban J connectivity index is 1.28. The van der Waals surface area contributed by atoms with Gasteiger partial charge in [0.15, 0.2) is 0 Å². The fourth-order valence-electron chi connectivity index (χ4n) is 4.73.